The quantitative estimate of drug-likeness (QED) is 0.486. The maximum atomic E-state index is 13.6. The van der Waals surface area contributed by atoms with Crippen molar-refractivity contribution in [1.82, 2.24) is 5.01 Å². The maximum absolute atomic E-state index is 13.6. The fourth-order valence-corrected chi connectivity index (χ4v) is 5.20. The van der Waals surface area contributed by atoms with Crippen molar-refractivity contribution in [2.75, 3.05) is 12.4 Å². The lowest BCUT2D eigenvalue weighted by atomic mass is 9.98. The van der Waals surface area contributed by atoms with Gasteiger partial charge in [0.05, 0.1) is 18.9 Å². The Hall–Kier alpha value is -4.05. The van der Waals surface area contributed by atoms with Crippen molar-refractivity contribution < 1.29 is 23.1 Å². The first kappa shape index (κ1) is 24.6. The number of benzene rings is 3. The highest BCUT2D eigenvalue weighted by atomic mass is 32.2. The summed E-state index contributed by atoms with van der Waals surface area (Å²) >= 11 is 1.16. The standard InChI is InChI=1S/C27H22F2N4O3S/c1-36-21-4-2-3-20(13-21)30-25(34)15-24-26(35)31-27(37-24)33-23(17-7-11-19(29)12-8-17)14-22(32-33)16-5-9-18(28)10-6-16/h2-13,23-24H,14-15H2,1H3,(H,30,34)/t23-,24-/m1/s1. The molecule has 2 amide bonds. The van der Waals surface area contributed by atoms with Gasteiger partial charge in [0.1, 0.15) is 22.6 Å². The van der Waals surface area contributed by atoms with E-state index in [2.05, 4.69) is 10.3 Å². The average Bonchev–Trinajstić information content (AvgIpc) is 3.49. The summed E-state index contributed by atoms with van der Waals surface area (Å²) in [6.45, 7) is 0. The summed E-state index contributed by atoms with van der Waals surface area (Å²) in [6, 6.07) is 18.6. The Morgan fingerprint density at radius 1 is 1.08 bits per heavy atom. The summed E-state index contributed by atoms with van der Waals surface area (Å²) in [4.78, 5) is 29.6. The van der Waals surface area contributed by atoms with Gasteiger partial charge in [0, 0.05) is 24.6 Å². The number of rotatable bonds is 6. The van der Waals surface area contributed by atoms with E-state index in [0.717, 1.165) is 22.9 Å². The highest BCUT2D eigenvalue weighted by Crippen LogP contribution is 2.38. The molecule has 37 heavy (non-hydrogen) atoms. The minimum atomic E-state index is -0.709. The van der Waals surface area contributed by atoms with Crippen LogP contribution in [0.3, 0.4) is 0 Å². The maximum Gasteiger partial charge on any atom is 0.262 e. The number of thioether (sulfide) groups is 1. The second-order valence-electron chi connectivity index (χ2n) is 8.49. The monoisotopic (exact) mass is 520 g/mol. The molecule has 0 fully saturated rings. The van der Waals surface area contributed by atoms with E-state index in [0.29, 0.717) is 28.7 Å². The molecule has 5 rings (SSSR count). The molecule has 2 aliphatic heterocycles. The van der Waals surface area contributed by atoms with Gasteiger partial charge in [-0.2, -0.15) is 10.1 Å². The van der Waals surface area contributed by atoms with Crippen molar-refractivity contribution in [2.45, 2.75) is 24.1 Å². The topological polar surface area (TPSA) is 83.4 Å². The average molecular weight is 521 g/mol. The summed E-state index contributed by atoms with van der Waals surface area (Å²) in [5.41, 5.74) is 2.77. The molecule has 188 valence electrons. The van der Waals surface area contributed by atoms with E-state index in [1.54, 1.807) is 53.5 Å². The number of hydrogen-bond donors (Lipinski definition) is 1. The lowest BCUT2D eigenvalue weighted by molar-refractivity contribution is -0.121. The minimum Gasteiger partial charge on any atom is -0.497 e. The van der Waals surface area contributed by atoms with Gasteiger partial charge in [-0.1, -0.05) is 42.1 Å². The smallest absolute Gasteiger partial charge is 0.262 e. The Morgan fingerprint density at radius 2 is 1.78 bits per heavy atom. The second-order valence-corrected chi connectivity index (χ2v) is 9.66. The lowest BCUT2D eigenvalue weighted by Crippen LogP contribution is -2.25. The third-order valence-electron chi connectivity index (χ3n) is 5.99. The van der Waals surface area contributed by atoms with Crippen molar-refractivity contribution in [3.63, 3.8) is 0 Å². The molecule has 0 aliphatic carbocycles. The summed E-state index contributed by atoms with van der Waals surface area (Å²) in [7, 11) is 1.54. The molecule has 3 aromatic carbocycles. The summed E-state index contributed by atoms with van der Waals surface area (Å²) in [5.74, 6) is -0.874. The number of aliphatic imine (C=N–C) groups is 1. The van der Waals surface area contributed by atoms with Crippen LogP contribution in [0.2, 0.25) is 0 Å². The van der Waals surface area contributed by atoms with Gasteiger partial charge in [0.2, 0.25) is 5.91 Å². The lowest BCUT2D eigenvalue weighted by Gasteiger charge is -2.23. The van der Waals surface area contributed by atoms with E-state index in [1.807, 2.05) is 0 Å². The predicted molar refractivity (Wildman–Crippen MR) is 139 cm³/mol. The molecule has 0 aromatic heterocycles. The van der Waals surface area contributed by atoms with Gasteiger partial charge in [-0.15, -0.1) is 0 Å². The zero-order chi connectivity index (χ0) is 25.9. The second kappa shape index (κ2) is 10.5. The molecule has 0 saturated carbocycles. The first-order chi connectivity index (χ1) is 17.9. The molecule has 0 unspecified atom stereocenters. The normalized spacial score (nSPS) is 19.0. The van der Waals surface area contributed by atoms with Crippen LogP contribution in [0, 0.1) is 11.6 Å². The Bertz CT molecular complexity index is 1390. The minimum absolute atomic E-state index is 0.0721. The van der Waals surface area contributed by atoms with Crippen LogP contribution in [-0.2, 0) is 9.59 Å². The van der Waals surface area contributed by atoms with E-state index < -0.39 is 11.2 Å². The SMILES string of the molecule is COc1cccc(NC(=O)C[C@H]2SC(N3N=C(c4ccc(F)cc4)C[C@@H]3c3ccc(F)cc3)=NC2=O)c1. The van der Waals surface area contributed by atoms with E-state index in [1.165, 1.54) is 31.4 Å². The number of anilines is 1. The summed E-state index contributed by atoms with van der Waals surface area (Å²) < 4.78 is 32.2. The van der Waals surface area contributed by atoms with Crippen LogP contribution in [0.1, 0.15) is 30.0 Å². The predicted octanol–water partition coefficient (Wildman–Crippen LogP) is 5.15. The Balaban J connectivity index is 1.34. The van der Waals surface area contributed by atoms with Crippen LogP contribution in [-0.4, -0.2) is 40.1 Å². The van der Waals surface area contributed by atoms with Crippen LogP contribution < -0.4 is 10.1 Å². The number of hydrogen-bond acceptors (Lipinski definition) is 6. The number of carbonyl (C=O) groups excluding carboxylic acids is 2. The van der Waals surface area contributed by atoms with Crippen molar-refractivity contribution in [1.29, 1.82) is 0 Å². The van der Waals surface area contributed by atoms with Crippen LogP contribution in [0.4, 0.5) is 14.5 Å². The van der Waals surface area contributed by atoms with Crippen molar-refractivity contribution in [2.24, 2.45) is 10.1 Å². The van der Waals surface area contributed by atoms with Gasteiger partial charge in [-0.3, -0.25) is 9.59 Å². The molecular weight excluding hydrogens is 498 g/mol. The first-order valence-corrected chi connectivity index (χ1v) is 12.4. The van der Waals surface area contributed by atoms with Crippen molar-refractivity contribution in [3.05, 3.63) is 95.6 Å². The molecular formula is C27H22F2N4O3S. The molecule has 1 N–H and O–H groups in total. The Morgan fingerprint density at radius 3 is 2.49 bits per heavy atom. The zero-order valence-electron chi connectivity index (χ0n) is 19.7. The van der Waals surface area contributed by atoms with E-state index in [4.69, 9.17) is 9.84 Å². The third-order valence-corrected chi connectivity index (χ3v) is 7.13. The van der Waals surface area contributed by atoms with Gasteiger partial charge in [-0.25, -0.2) is 13.8 Å². The molecule has 7 nitrogen and oxygen atoms in total. The number of nitrogens with zero attached hydrogens (tertiary/aromatic N) is 3. The number of amides is 2. The Labute approximate surface area is 216 Å². The largest absolute Gasteiger partial charge is 0.497 e. The van der Waals surface area contributed by atoms with Crippen molar-refractivity contribution >= 4 is 40.1 Å². The third kappa shape index (κ3) is 5.54. The van der Waals surface area contributed by atoms with Crippen LogP contribution in [0.5, 0.6) is 5.75 Å². The number of nitrogens with one attached hydrogen (secondary N) is 1. The number of halogens is 2. The molecule has 2 aliphatic rings. The van der Waals surface area contributed by atoms with Gasteiger partial charge in [0.15, 0.2) is 5.17 Å². The molecule has 10 heteroatoms. The molecule has 0 radical (unpaired) electrons. The fraction of sp³-hybridized carbons (Fsp3) is 0.185. The molecule has 2 atom stereocenters. The fourth-order valence-electron chi connectivity index (χ4n) is 4.13. The number of amidine groups is 1. The van der Waals surface area contributed by atoms with Crippen LogP contribution >= 0.6 is 11.8 Å². The van der Waals surface area contributed by atoms with Gasteiger partial charge in [0.25, 0.3) is 5.91 Å². The first-order valence-electron chi connectivity index (χ1n) is 11.5. The Kier molecular flexibility index (Phi) is 7.00. The van der Waals surface area contributed by atoms with E-state index in [9.17, 15) is 18.4 Å². The molecule has 2 heterocycles. The number of ether oxygens (including phenoxy) is 1. The summed E-state index contributed by atoms with van der Waals surface area (Å²) in [6.07, 6.45) is 0.378. The van der Waals surface area contributed by atoms with Gasteiger partial charge >= 0.3 is 0 Å². The summed E-state index contributed by atoms with van der Waals surface area (Å²) in [5, 5.41) is 8.76. The molecule has 3 aromatic rings. The van der Waals surface area contributed by atoms with Gasteiger partial charge < -0.3 is 10.1 Å². The number of hydrazone groups is 1. The number of carbonyl (C=O) groups is 2. The molecule has 0 saturated heterocycles. The van der Waals surface area contributed by atoms with Crippen molar-refractivity contribution in [3.8, 4) is 5.75 Å². The van der Waals surface area contributed by atoms with E-state index in [-0.39, 0.29) is 30.0 Å². The van der Waals surface area contributed by atoms with Gasteiger partial charge in [-0.05, 0) is 47.5 Å². The molecule has 0 spiro atoms. The van der Waals surface area contributed by atoms with Crippen LogP contribution in [0.15, 0.2) is 82.9 Å². The van der Waals surface area contributed by atoms with Crippen LogP contribution in [0.25, 0.3) is 0 Å². The number of methoxy groups -OCH3 is 1. The highest BCUT2D eigenvalue weighted by molar-refractivity contribution is 8.15. The molecule has 0 bridgehead atoms. The zero-order valence-corrected chi connectivity index (χ0v) is 20.5. The van der Waals surface area contributed by atoms with E-state index >= 15 is 0 Å². The highest BCUT2D eigenvalue weighted by Gasteiger charge is 2.39.